The van der Waals surface area contributed by atoms with E-state index in [1.807, 2.05) is 50.5 Å². The molecule has 2 aliphatic heterocycles. The average molecular weight is 522 g/mol. The Morgan fingerprint density at radius 1 is 1.27 bits per heavy atom. The van der Waals surface area contributed by atoms with E-state index in [2.05, 4.69) is 25.6 Å². The van der Waals surface area contributed by atoms with Crippen molar-refractivity contribution in [2.45, 2.75) is 57.7 Å². The fourth-order valence-electron chi connectivity index (χ4n) is 5.20. The number of rotatable bonds is 6. The van der Waals surface area contributed by atoms with Gasteiger partial charge < -0.3 is 15.3 Å². The van der Waals surface area contributed by atoms with Crippen LogP contribution in [0.3, 0.4) is 0 Å². The number of likely N-dealkylation sites (tertiary alicyclic amines) is 1. The molecule has 1 saturated heterocycles. The third-order valence-electron chi connectivity index (χ3n) is 7.25. The summed E-state index contributed by atoms with van der Waals surface area (Å²) in [6.45, 7) is 7.86. The minimum Gasteiger partial charge on any atom is -0.391 e. The summed E-state index contributed by atoms with van der Waals surface area (Å²) < 4.78 is 1.57. The summed E-state index contributed by atoms with van der Waals surface area (Å²) in [7, 11) is 1.76. The number of aliphatic imine (C=N–C) groups is 1. The Hall–Kier alpha value is -3.44. The maximum absolute atomic E-state index is 13.8. The maximum Gasteiger partial charge on any atom is 0.277 e. The van der Waals surface area contributed by atoms with Crippen LogP contribution in [0.1, 0.15) is 50.1 Å². The molecule has 2 N–H and O–H groups in total. The minimum absolute atomic E-state index is 0.0336. The van der Waals surface area contributed by atoms with E-state index in [4.69, 9.17) is 0 Å². The Morgan fingerprint density at radius 3 is 2.59 bits per heavy atom. The molecule has 3 unspecified atom stereocenters. The number of carbonyl (C=O) groups is 2. The molecule has 1 fully saturated rings. The standard InChI is InChI=1S/C26H31N7O3S/c1-14(2)21(19-12-32(5)31-30-19)24(35)33-11-18(34)10-20(33)23-28-25(36)26(4,29-23)17-8-6-16(7-9-17)22-15(3)27-13-37-22/h6-9,12-14,18,20-21,34H,10-11H2,1-5H3,(H,28,29,36)/t18?,20?,21?,26-/m0/s1. The van der Waals surface area contributed by atoms with Crippen LogP contribution in [0.2, 0.25) is 0 Å². The number of hydrogen-bond acceptors (Lipinski definition) is 8. The molecule has 1 aromatic carbocycles. The van der Waals surface area contributed by atoms with Gasteiger partial charge in [0.25, 0.3) is 5.91 Å². The highest BCUT2D eigenvalue weighted by atomic mass is 32.1. The van der Waals surface area contributed by atoms with Crippen molar-refractivity contribution in [3.63, 3.8) is 0 Å². The highest BCUT2D eigenvalue weighted by Gasteiger charge is 2.48. The first-order chi connectivity index (χ1) is 17.6. The smallest absolute Gasteiger partial charge is 0.277 e. The number of nitrogens with zero attached hydrogens (tertiary/aromatic N) is 6. The molecule has 2 aromatic heterocycles. The lowest BCUT2D eigenvalue weighted by atomic mass is 9.90. The van der Waals surface area contributed by atoms with Crippen LogP contribution >= 0.6 is 11.3 Å². The molecular weight excluding hydrogens is 490 g/mol. The van der Waals surface area contributed by atoms with Gasteiger partial charge in [-0.15, -0.1) is 16.4 Å². The highest BCUT2D eigenvalue weighted by Crippen LogP contribution is 2.34. The zero-order valence-electron chi connectivity index (χ0n) is 21.5. The van der Waals surface area contributed by atoms with Crippen LogP contribution in [0.5, 0.6) is 0 Å². The number of amides is 2. The van der Waals surface area contributed by atoms with Crippen LogP contribution < -0.4 is 5.32 Å². The molecule has 0 aliphatic carbocycles. The molecule has 37 heavy (non-hydrogen) atoms. The van der Waals surface area contributed by atoms with Gasteiger partial charge in [0.2, 0.25) is 5.91 Å². The van der Waals surface area contributed by atoms with Crippen molar-refractivity contribution in [1.29, 1.82) is 0 Å². The average Bonchev–Trinajstić information content (AvgIpc) is 3.62. The van der Waals surface area contributed by atoms with Gasteiger partial charge in [-0.3, -0.25) is 14.3 Å². The molecule has 2 aliphatic rings. The fraction of sp³-hybridized carbons (Fsp3) is 0.462. The number of β-amino-alcohol motifs (C(OH)–C–C–N with tert-alkyl or cyclic N) is 1. The lowest BCUT2D eigenvalue weighted by Gasteiger charge is -2.31. The Balaban J connectivity index is 1.39. The molecule has 5 rings (SSSR count). The number of carbonyl (C=O) groups excluding carboxylic acids is 2. The zero-order chi connectivity index (χ0) is 26.5. The van der Waals surface area contributed by atoms with Gasteiger partial charge in [-0.05, 0) is 30.9 Å². The van der Waals surface area contributed by atoms with Gasteiger partial charge in [-0.25, -0.2) is 4.98 Å². The molecule has 11 heteroatoms. The van der Waals surface area contributed by atoms with E-state index in [1.54, 1.807) is 41.1 Å². The van der Waals surface area contributed by atoms with E-state index >= 15 is 0 Å². The van der Waals surface area contributed by atoms with Crippen molar-refractivity contribution >= 4 is 29.0 Å². The van der Waals surface area contributed by atoms with Gasteiger partial charge >= 0.3 is 0 Å². The minimum atomic E-state index is -1.07. The summed E-state index contributed by atoms with van der Waals surface area (Å²) in [5.74, 6) is -0.636. The second-order valence-corrected chi connectivity index (χ2v) is 11.2. The Bertz CT molecular complexity index is 1360. The first kappa shape index (κ1) is 25.2. The first-order valence-corrected chi connectivity index (χ1v) is 13.2. The van der Waals surface area contributed by atoms with Crippen LogP contribution in [0.15, 0.2) is 41.0 Å². The predicted molar refractivity (Wildman–Crippen MR) is 140 cm³/mol. The van der Waals surface area contributed by atoms with E-state index in [0.29, 0.717) is 18.0 Å². The molecule has 0 spiro atoms. The van der Waals surface area contributed by atoms with Gasteiger partial charge in [0, 0.05) is 26.2 Å². The van der Waals surface area contributed by atoms with Crippen LogP contribution in [-0.4, -0.2) is 66.3 Å². The number of aliphatic hydroxyl groups is 1. The molecule has 194 valence electrons. The van der Waals surface area contributed by atoms with Crippen LogP contribution in [-0.2, 0) is 22.2 Å². The predicted octanol–water partition coefficient (Wildman–Crippen LogP) is 2.39. The molecule has 10 nitrogen and oxygen atoms in total. The monoisotopic (exact) mass is 521 g/mol. The van der Waals surface area contributed by atoms with E-state index < -0.39 is 23.6 Å². The second-order valence-electron chi connectivity index (χ2n) is 10.3. The summed E-state index contributed by atoms with van der Waals surface area (Å²) in [6.07, 6.45) is 1.33. The summed E-state index contributed by atoms with van der Waals surface area (Å²) in [5, 5.41) is 22.0. The summed E-state index contributed by atoms with van der Waals surface area (Å²) in [4.78, 5) is 38.4. The molecule has 4 heterocycles. The van der Waals surface area contributed by atoms with Gasteiger partial charge in [-0.1, -0.05) is 43.3 Å². The van der Waals surface area contributed by atoms with Crippen LogP contribution in [0, 0.1) is 12.8 Å². The normalized spacial score (nSPS) is 24.5. The first-order valence-electron chi connectivity index (χ1n) is 12.4. The van der Waals surface area contributed by atoms with Gasteiger partial charge in [0.1, 0.15) is 11.4 Å². The third-order valence-corrected chi connectivity index (χ3v) is 8.22. The molecule has 0 saturated carbocycles. The lowest BCUT2D eigenvalue weighted by Crippen LogP contribution is -2.51. The van der Waals surface area contributed by atoms with Crippen molar-refractivity contribution in [2.75, 3.05) is 6.54 Å². The van der Waals surface area contributed by atoms with Crippen molar-refractivity contribution in [2.24, 2.45) is 18.0 Å². The second kappa shape index (κ2) is 9.46. The van der Waals surface area contributed by atoms with Gasteiger partial charge in [-0.2, -0.15) is 4.99 Å². The molecule has 0 bridgehead atoms. The molecule has 2 amide bonds. The van der Waals surface area contributed by atoms with Crippen LogP contribution in [0.25, 0.3) is 10.4 Å². The summed E-state index contributed by atoms with van der Waals surface area (Å²) in [5.41, 5.74) is 4.12. The van der Waals surface area contributed by atoms with Crippen molar-refractivity contribution in [3.05, 3.63) is 52.9 Å². The number of aromatic nitrogens is 4. The maximum atomic E-state index is 13.8. The summed E-state index contributed by atoms with van der Waals surface area (Å²) >= 11 is 1.58. The molecule has 0 radical (unpaired) electrons. The quantitative estimate of drug-likeness (QED) is 0.510. The highest BCUT2D eigenvalue weighted by molar-refractivity contribution is 7.13. The van der Waals surface area contributed by atoms with Crippen molar-refractivity contribution in [3.8, 4) is 10.4 Å². The van der Waals surface area contributed by atoms with E-state index in [9.17, 15) is 14.7 Å². The van der Waals surface area contributed by atoms with E-state index in [-0.39, 0.29) is 24.3 Å². The number of aryl methyl sites for hydroxylation is 2. The number of benzene rings is 1. The Labute approximate surface area is 219 Å². The van der Waals surface area contributed by atoms with Gasteiger partial charge in [0.15, 0.2) is 0 Å². The SMILES string of the molecule is Cc1ncsc1-c1ccc([C@]2(C)NC(C3CC(O)CN3C(=O)C(c3cn(C)nn3)C(C)C)=NC2=O)cc1. The number of thiazole rings is 1. The van der Waals surface area contributed by atoms with E-state index in [0.717, 1.165) is 21.7 Å². The third kappa shape index (κ3) is 4.46. The Kier molecular flexibility index (Phi) is 6.45. The molecule has 4 atom stereocenters. The number of hydrogen-bond donors (Lipinski definition) is 2. The number of amidine groups is 1. The topological polar surface area (TPSA) is 126 Å². The molecule has 3 aromatic rings. The lowest BCUT2D eigenvalue weighted by molar-refractivity contribution is -0.134. The van der Waals surface area contributed by atoms with E-state index in [1.165, 1.54) is 0 Å². The van der Waals surface area contributed by atoms with Crippen LogP contribution in [0.4, 0.5) is 0 Å². The largest absolute Gasteiger partial charge is 0.391 e. The van der Waals surface area contributed by atoms with Gasteiger partial charge in [0.05, 0.1) is 39.8 Å². The summed E-state index contributed by atoms with van der Waals surface area (Å²) in [6, 6.07) is 7.28. The zero-order valence-corrected chi connectivity index (χ0v) is 22.4. The molecular formula is C26H31N7O3S. The van der Waals surface area contributed by atoms with Crippen molar-refractivity contribution in [1.82, 2.24) is 30.2 Å². The fourth-order valence-corrected chi connectivity index (χ4v) is 6.01. The van der Waals surface area contributed by atoms with Crippen molar-refractivity contribution < 1.29 is 14.7 Å². The number of aliphatic hydroxyl groups excluding tert-OH is 1. The Morgan fingerprint density at radius 2 is 2.00 bits per heavy atom. The number of nitrogens with one attached hydrogen (secondary N) is 1.